The van der Waals surface area contributed by atoms with Gasteiger partial charge in [0.15, 0.2) is 0 Å². The Labute approximate surface area is 67.9 Å². The van der Waals surface area contributed by atoms with E-state index >= 15 is 0 Å². The zero-order valence-corrected chi connectivity index (χ0v) is 6.83. The Kier molecular flexibility index (Phi) is 4.24. The van der Waals surface area contributed by atoms with E-state index in [1.807, 2.05) is 6.08 Å². The van der Waals surface area contributed by atoms with Gasteiger partial charge in [-0.1, -0.05) is 12.2 Å². The molecule has 0 aromatic heterocycles. The van der Waals surface area contributed by atoms with Crippen LogP contribution in [0.2, 0.25) is 0 Å². The van der Waals surface area contributed by atoms with E-state index in [1.165, 1.54) is 19.3 Å². The molecule has 0 spiro atoms. The molecule has 11 heavy (non-hydrogen) atoms. The molecule has 2 heteroatoms. The van der Waals surface area contributed by atoms with E-state index in [2.05, 4.69) is 0 Å². The monoisotopic (exact) mass is 156 g/mol. The lowest BCUT2D eigenvalue weighted by Crippen LogP contribution is -2.17. The maximum atomic E-state index is 8.47. The fourth-order valence-electron chi connectivity index (χ4n) is 1.32. The third kappa shape index (κ3) is 3.54. The van der Waals surface area contributed by atoms with Gasteiger partial charge < -0.3 is 9.84 Å². The van der Waals surface area contributed by atoms with Crippen LogP contribution < -0.4 is 0 Å². The fraction of sp³-hybridized carbons (Fsp3) is 0.778. The Bertz CT molecular complexity index is 115. The minimum atomic E-state index is 0.146. The van der Waals surface area contributed by atoms with Gasteiger partial charge in [-0.05, 0) is 25.7 Å². The largest absolute Gasteiger partial charge is 0.392 e. The summed E-state index contributed by atoms with van der Waals surface area (Å²) in [6.45, 7) is 1.06. The number of aliphatic hydroxyl groups is 1. The molecule has 2 nitrogen and oxygen atoms in total. The van der Waals surface area contributed by atoms with Gasteiger partial charge in [-0.3, -0.25) is 0 Å². The second kappa shape index (κ2) is 5.33. The van der Waals surface area contributed by atoms with Crippen LogP contribution in [0, 0.1) is 0 Å². The van der Waals surface area contributed by atoms with Gasteiger partial charge in [0.2, 0.25) is 0 Å². The Morgan fingerprint density at radius 3 is 2.91 bits per heavy atom. The molecule has 1 heterocycles. The maximum absolute atomic E-state index is 8.47. The second-order valence-electron chi connectivity index (χ2n) is 2.88. The molecule has 1 fully saturated rings. The van der Waals surface area contributed by atoms with Crippen LogP contribution in [0.4, 0.5) is 0 Å². The Hall–Kier alpha value is -0.340. The number of aliphatic hydroxyl groups excluding tert-OH is 1. The molecule has 0 radical (unpaired) electrons. The molecular weight excluding hydrogens is 140 g/mol. The predicted octanol–water partition coefficient (Wildman–Crippen LogP) is 1.49. The summed E-state index contributed by atoms with van der Waals surface area (Å²) in [5.74, 6) is 0. The van der Waals surface area contributed by atoms with E-state index in [4.69, 9.17) is 9.84 Å². The van der Waals surface area contributed by atoms with Gasteiger partial charge in [-0.25, -0.2) is 0 Å². The van der Waals surface area contributed by atoms with Crippen molar-refractivity contribution in [3.05, 3.63) is 12.2 Å². The summed E-state index contributed by atoms with van der Waals surface area (Å²) in [7, 11) is 0. The van der Waals surface area contributed by atoms with Crippen LogP contribution in [-0.4, -0.2) is 24.4 Å². The summed E-state index contributed by atoms with van der Waals surface area (Å²) in [6.07, 6.45) is 8.81. The highest BCUT2D eigenvalue weighted by Gasteiger charge is 2.10. The quantitative estimate of drug-likeness (QED) is 0.627. The summed E-state index contributed by atoms with van der Waals surface area (Å²) < 4.78 is 5.49. The van der Waals surface area contributed by atoms with Crippen molar-refractivity contribution in [2.45, 2.75) is 31.8 Å². The van der Waals surface area contributed by atoms with Crippen molar-refractivity contribution >= 4 is 0 Å². The Balaban J connectivity index is 2.09. The van der Waals surface area contributed by atoms with Crippen LogP contribution in [0.1, 0.15) is 25.7 Å². The van der Waals surface area contributed by atoms with Gasteiger partial charge in [0.1, 0.15) is 0 Å². The molecule has 0 amide bonds. The SMILES string of the molecule is OC/C=C\CC1CCCCO1. The number of rotatable bonds is 3. The number of hydrogen-bond acceptors (Lipinski definition) is 2. The molecule has 1 atom stereocenters. The Morgan fingerprint density at radius 2 is 2.27 bits per heavy atom. The van der Waals surface area contributed by atoms with E-state index in [0.717, 1.165) is 13.0 Å². The number of hydrogen-bond donors (Lipinski definition) is 1. The van der Waals surface area contributed by atoms with Crippen LogP contribution in [-0.2, 0) is 4.74 Å². The van der Waals surface area contributed by atoms with Crippen molar-refractivity contribution in [2.75, 3.05) is 13.2 Å². The second-order valence-corrected chi connectivity index (χ2v) is 2.88. The third-order valence-corrected chi connectivity index (χ3v) is 1.95. The molecule has 1 aliphatic heterocycles. The van der Waals surface area contributed by atoms with Crippen molar-refractivity contribution in [1.82, 2.24) is 0 Å². The summed E-state index contributed by atoms with van der Waals surface area (Å²) in [6, 6.07) is 0. The standard InChI is InChI=1S/C9H16O2/c10-7-3-1-5-9-6-2-4-8-11-9/h1,3,9-10H,2,4-8H2/b3-1-. The molecule has 0 bridgehead atoms. The minimum Gasteiger partial charge on any atom is -0.392 e. The summed E-state index contributed by atoms with van der Waals surface area (Å²) in [5.41, 5.74) is 0. The molecule has 64 valence electrons. The average Bonchev–Trinajstić information content (AvgIpc) is 2.07. The van der Waals surface area contributed by atoms with Crippen LogP contribution in [0.5, 0.6) is 0 Å². The van der Waals surface area contributed by atoms with Crippen LogP contribution in [0.25, 0.3) is 0 Å². The zero-order valence-electron chi connectivity index (χ0n) is 6.83. The van der Waals surface area contributed by atoms with Crippen molar-refractivity contribution in [3.63, 3.8) is 0 Å². The third-order valence-electron chi connectivity index (χ3n) is 1.95. The van der Waals surface area contributed by atoms with Gasteiger partial charge >= 0.3 is 0 Å². The zero-order chi connectivity index (χ0) is 7.94. The molecule has 0 aromatic rings. The minimum absolute atomic E-state index is 0.146. The molecule has 0 aromatic carbocycles. The fourth-order valence-corrected chi connectivity index (χ4v) is 1.32. The highest BCUT2D eigenvalue weighted by molar-refractivity contribution is 4.84. The predicted molar refractivity (Wildman–Crippen MR) is 44.4 cm³/mol. The van der Waals surface area contributed by atoms with E-state index in [1.54, 1.807) is 6.08 Å². The molecular formula is C9H16O2. The normalized spacial score (nSPS) is 26.1. The lowest BCUT2D eigenvalue weighted by atomic mass is 10.1. The lowest BCUT2D eigenvalue weighted by Gasteiger charge is -2.20. The topological polar surface area (TPSA) is 29.5 Å². The lowest BCUT2D eigenvalue weighted by molar-refractivity contribution is 0.0184. The first-order valence-corrected chi connectivity index (χ1v) is 4.31. The summed E-state index contributed by atoms with van der Waals surface area (Å²) in [4.78, 5) is 0. The molecule has 1 rings (SSSR count). The van der Waals surface area contributed by atoms with E-state index < -0.39 is 0 Å². The highest BCUT2D eigenvalue weighted by Crippen LogP contribution is 2.15. The van der Waals surface area contributed by atoms with Crippen molar-refractivity contribution in [1.29, 1.82) is 0 Å². The van der Waals surface area contributed by atoms with Crippen molar-refractivity contribution in [2.24, 2.45) is 0 Å². The Morgan fingerprint density at radius 1 is 1.36 bits per heavy atom. The van der Waals surface area contributed by atoms with E-state index in [9.17, 15) is 0 Å². The molecule has 1 unspecified atom stereocenters. The van der Waals surface area contributed by atoms with Gasteiger partial charge in [-0.2, -0.15) is 0 Å². The van der Waals surface area contributed by atoms with E-state index in [0.29, 0.717) is 6.10 Å². The molecule has 0 aliphatic carbocycles. The first kappa shape index (κ1) is 8.75. The first-order valence-electron chi connectivity index (χ1n) is 4.31. The maximum Gasteiger partial charge on any atom is 0.0612 e. The molecule has 1 aliphatic rings. The van der Waals surface area contributed by atoms with Crippen LogP contribution >= 0.6 is 0 Å². The van der Waals surface area contributed by atoms with E-state index in [-0.39, 0.29) is 6.61 Å². The van der Waals surface area contributed by atoms with Crippen molar-refractivity contribution in [3.8, 4) is 0 Å². The van der Waals surface area contributed by atoms with Gasteiger partial charge in [0.25, 0.3) is 0 Å². The van der Waals surface area contributed by atoms with Gasteiger partial charge in [0, 0.05) is 6.61 Å². The van der Waals surface area contributed by atoms with Gasteiger partial charge in [0.05, 0.1) is 12.7 Å². The molecule has 0 saturated carbocycles. The molecule has 1 saturated heterocycles. The average molecular weight is 156 g/mol. The molecule has 1 N–H and O–H groups in total. The van der Waals surface area contributed by atoms with Crippen molar-refractivity contribution < 1.29 is 9.84 Å². The smallest absolute Gasteiger partial charge is 0.0612 e. The first-order chi connectivity index (χ1) is 5.43. The van der Waals surface area contributed by atoms with Gasteiger partial charge in [-0.15, -0.1) is 0 Å². The highest BCUT2D eigenvalue weighted by atomic mass is 16.5. The summed E-state index contributed by atoms with van der Waals surface area (Å²) in [5, 5.41) is 8.47. The number of ether oxygens (including phenoxy) is 1. The van der Waals surface area contributed by atoms with Crippen LogP contribution in [0.3, 0.4) is 0 Å². The summed E-state index contributed by atoms with van der Waals surface area (Å²) >= 11 is 0. The van der Waals surface area contributed by atoms with Crippen LogP contribution in [0.15, 0.2) is 12.2 Å².